The zero-order chi connectivity index (χ0) is 18.9. The second-order valence-corrected chi connectivity index (χ2v) is 7.61. The molecule has 2 aliphatic heterocycles. The average Bonchev–Trinajstić information content (AvgIpc) is 3.18. The van der Waals surface area contributed by atoms with Crippen molar-refractivity contribution < 1.29 is 4.74 Å². The van der Waals surface area contributed by atoms with Gasteiger partial charge < -0.3 is 14.5 Å². The third-order valence-electron chi connectivity index (χ3n) is 5.64. The molecule has 0 aliphatic carbocycles. The molecule has 28 heavy (non-hydrogen) atoms. The number of hydrogen-bond acceptors (Lipinski definition) is 7. The number of rotatable bonds is 3. The van der Waals surface area contributed by atoms with Crippen LogP contribution in [0.2, 0.25) is 0 Å². The Morgan fingerprint density at radius 1 is 1.14 bits per heavy atom. The number of imidazole rings is 1. The van der Waals surface area contributed by atoms with Gasteiger partial charge in [-0.15, -0.1) is 0 Å². The van der Waals surface area contributed by atoms with Gasteiger partial charge in [-0.05, 0) is 38.6 Å². The molecule has 1 atom stereocenters. The largest absolute Gasteiger partial charge is 0.378 e. The lowest BCUT2D eigenvalue weighted by Gasteiger charge is -2.31. The van der Waals surface area contributed by atoms with E-state index in [0.717, 1.165) is 61.1 Å². The van der Waals surface area contributed by atoms with Crippen LogP contribution < -0.4 is 4.90 Å². The Bertz CT molecular complexity index is 952. The van der Waals surface area contributed by atoms with E-state index in [1.807, 2.05) is 29.2 Å². The van der Waals surface area contributed by atoms with E-state index in [4.69, 9.17) is 19.7 Å². The zero-order valence-corrected chi connectivity index (χ0v) is 16.2. The van der Waals surface area contributed by atoms with Crippen molar-refractivity contribution in [1.29, 1.82) is 0 Å². The lowest BCUT2D eigenvalue weighted by atomic mass is 9.94. The lowest BCUT2D eigenvalue weighted by Crippen LogP contribution is -2.38. The Labute approximate surface area is 164 Å². The Morgan fingerprint density at radius 3 is 2.82 bits per heavy atom. The molecule has 8 nitrogen and oxygen atoms in total. The average molecular weight is 379 g/mol. The number of fused-ring (bicyclic) bond motifs is 1. The standard InChI is InChI=1S/C20H25N7O/c1-25-7-3-4-15(13-25)17-18-19(24-20(23-17)26-8-10-28-11-9-26)27(14-22-18)16-5-2-6-21-12-16/h2,5-6,12,14-15H,3-4,7-11,13H2,1H3. The summed E-state index contributed by atoms with van der Waals surface area (Å²) in [5, 5.41) is 0. The lowest BCUT2D eigenvalue weighted by molar-refractivity contribution is 0.122. The van der Waals surface area contributed by atoms with Crippen LogP contribution in [0.15, 0.2) is 30.9 Å². The van der Waals surface area contributed by atoms with Crippen molar-refractivity contribution in [3.8, 4) is 5.69 Å². The van der Waals surface area contributed by atoms with Gasteiger partial charge in [0.25, 0.3) is 0 Å². The van der Waals surface area contributed by atoms with E-state index in [9.17, 15) is 0 Å². The van der Waals surface area contributed by atoms with Crippen LogP contribution in [0.4, 0.5) is 5.95 Å². The van der Waals surface area contributed by atoms with Crippen LogP contribution >= 0.6 is 0 Å². The normalized spacial score (nSPS) is 21.3. The molecule has 3 aromatic heterocycles. The molecule has 0 aromatic carbocycles. The molecule has 0 spiro atoms. The summed E-state index contributed by atoms with van der Waals surface area (Å²) in [6.07, 6.45) is 7.78. The van der Waals surface area contributed by atoms with Crippen molar-refractivity contribution in [2.75, 3.05) is 51.3 Å². The Morgan fingerprint density at radius 2 is 2.04 bits per heavy atom. The van der Waals surface area contributed by atoms with E-state index < -0.39 is 0 Å². The Balaban J connectivity index is 1.65. The summed E-state index contributed by atoms with van der Waals surface area (Å²) in [5.41, 5.74) is 3.79. The van der Waals surface area contributed by atoms with Crippen molar-refractivity contribution in [2.24, 2.45) is 0 Å². The minimum Gasteiger partial charge on any atom is -0.378 e. The van der Waals surface area contributed by atoms with Crippen molar-refractivity contribution >= 4 is 17.1 Å². The fourth-order valence-corrected chi connectivity index (χ4v) is 4.17. The van der Waals surface area contributed by atoms with Crippen LogP contribution in [0.5, 0.6) is 0 Å². The highest BCUT2D eigenvalue weighted by molar-refractivity contribution is 5.77. The summed E-state index contributed by atoms with van der Waals surface area (Å²) < 4.78 is 7.54. The first-order valence-electron chi connectivity index (χ1n) is 9.96. The first kappa shape index (κ1) is 17.5. The van der Waals surface area contributed by atoms with Gasteiger partial charge in [0.1, 0.15) is 11.8 Å². The Kier molecular flexibility index (Phi) is 4.66. The van der Waals surface area contributed by atoms with Crippen molar-refractivity contribution in [3.05, 3.63) is 36.5 Å². The highest BCUT2D eigenvalue weighted by atomic mass is 16.5. The number of aromatic nitrogens is 5. The number of likely N-dealkylation sites (N-methyl/N-ethyl adjacent to an activating group) is 1. The van der Waals surface area contributed by atoms with Gasteiger partial charge in [0, 0.05) is 31.7 Å². The van der Waals surface area contributed by atoms with E-state index in [1.54, 1.807) is 6.20 Å². The minimum atomic E-state index is 0.376. The van der Waals surface area contributed by atoms with Crippen molar-refractivity contribution in [2.45, 2.75) is 18.8 Å². The molecule has 8 heteroatoms. The van der Waals surface area contributed by atoms with E-state index in [-0.39, 0.29) is 0 Å². The van der Waals surface area contributed by atoms with Crippen LogP contribution in [-0.2, 0) is 4.74 Å². The second kappa shape index (κ2) is 7.44. The van der Waals surface area contributed by atoms with E-state index in [2.05, 4.69) is 21.8 Å². The smallest absolute Gasteiger partial charge is 0.227 e. The van der Waals surface area contributed by atoms with Crippen molar-refractivity contribution in [1.82, 2.24) is 29.4 Å². The molecule has 0 amide bonds. The van der Waals surface area contributed by atoms with E-state index in [0.29, 0.717) is 19.1 Å². The first-order chi connectivity index (χ1) is 13.8. The molecule has 0 N–H and O–H groups in total. The topological polar surface area (TPSA) is 72.2 Å². The molecular weight excluding hydrogens is 354 g/mol. The molecule has 5 heterocycles. The summed E-state index contributed by atoms with van der Waals surface area (Å²) in [4.78, 5) is 23.6. The van der Waals surface area contributed by atoms with Gasteiger partial charge in [-0.1, -0.05) is 0 Å². The fourth-order valence-electron chi connectivity index (χ4n) is 4.17. The number of hydrogen-bond donors (Lipinski definition) is 0. The molecule has 5 rings (SSSR count). The fraction of sp³-hybridized carbons (Fsp3) is 0.500. The molecule has 146 valence electrons. The van der Waals surface area contributed by atoms with E-state index >= 15 is 0 Å². The number of nitrogens with zero attached hydrogens (tertiary/aromatic N) is 7. The summed E-state index contributed by atoms with van der Waals surface area (Å²) in [7, 11) is 2.18. The summed E-state index contributed by atoms with van der Waals surface area (Å²) >= 11 is 0. The maximum atomic E-state index is 5.52. The third-order valence-corrected chi connectivity index (χ3v) is 5.64. The molecule has 2 saturated heterocycles. The summed E-state index contributed by atoms with van der Waals surface area (Å²) in [6.45, 7) is 5.21. The summed E-state index contributed by atoms with van der Waals surface area (Å²) in [5.74, 6) is 1.16. The number of anilines is 1. The van der Waals surface area contributed by atoms with Crippen LogP contribution in [0, 0.1) is 0 Å². The predicted octanol–water partition coefficient (Wildman–Crippen LogP) is 1.86. The molecule has 0 radical (unpaired) electrons. The minimum absolute atomic E-state index is 0.376. The van der Waals surface area contributed by atoms with Crippen LogP contribution in [0.3, 0.4) is 0 Å². The van der Waals surface area contributed by atoms with Crippen LogP contribution in [-0.4, -0.2) is 75.8 Å². The highest BCUT2D eigenvalue weighted by Crippen LogP contribution is 2.31. The first-order valence-corrected chi connectivity index (χ1v) is 9.96. The summed E-state index contributed by atoms with van der Waals surface area (Å²) in [6, 6.07) is 3.96. The second-order valence-electron chi connectivity index (χ2n) is 7.61. The van der Waals surface area contributed by atoms with Crippen molar-refractivity contribution in [3.63, 3.8) is 0 Å². The molecule has 1 unspecified atom stereocenters. The van der Waals surface area contributed by atoms with Crippen LogP contribution in [0.1, 0.15) is 24.5 Å². The maximum Gasteiger partial charge on any atom is 0.227 e. The Hall–Kier alpha value is -2.58. The molecule has 0 bridgehead atoms. The van der Waals surface area contributed by atoms with Gasteiger partial charge in [-0.3, -0.25) is 9.55 Å². The molecule has 3 aromatic rings. The predicted molar refractivity (Wildman–Crippen MR) is 107 cm³/mol. The zero-order valence-electron chi connectivity index (χ0n) is 16.2. The van der Waals surface area contributed by atoms with E-state index in [1.165, 1.54) is 6.42 Å². The molecule has 0 saturated carbocycles. The van der Waals surface area contributed by atoms with Gasteiger partial charge in [0.2, 0.25) is 5.95 Å². The number of piperidine rings is 1. The third kappa shape index (κ3) is 3.22. The number of likely N-dealkylation sites (tertiary alicyclic amines) is 1. The van der Waals surface area contributed by atoms with Gasteiger partial charge in [0.05, 0.1) is 30.8 Å². The number of morpholine rings is 1. The van der Waals surface area contributed by atoms with Gasteiger partial charge in [0.15, 0.2) is 5.65 Å². The molecule has 2 aliphatic rings. The molecule has 2 fully saturated rings. The molecular formula is C20H25N7O. The van der Waals surface area contributed by atoms with Crippen LogP contribution in [0.25, 0.3) is 16.9 Å². The number of pyridine rings is 1. The monoisotopic (exact) mass is 379 g/mol. The van der Waals surface area contributed by atoms with Gasteiger partial charge in [-0.2, -0.15) is 4.98 Å². The van der Waals surface area contributed by atoms with Gasteiger partial charge in [-0.25, -0.2) is 9.97 Å². The SMILES string of the molecule is CN1CCCC(c2nc(N3CCOCC3)nc3c2ncn3-c2cccnc2)C1. The number of ether oxygens (including phenoxy) is 1. The highest BCUT2D eigenvalue weighted by Gasteiger charge is 2.27. The quantitative estimate of drug-likeness (QED) is 0.688. The van der Waals surface area contributed by atoms with Gasteiger partial charge >= 0.3 is 0 Å². The maximum absolute atomic E-state index is 5.52.